The van der Waals surface area contributed by atoms with Gasteiger partial charge in [0.15, 0.2) is 0 Å². The summed E-state index contributed by atoms with van der Waals surface area (Å²) in [4.78, 5) is 11.6. The van der Waals surface area contributed by atoms with Crippen LogP contribution in [0.25, 0.3) is 0 Å². The highest BCUT2D eigenvalue weighted by Crippen LogP contribution is 2.08. The summed E-state index contributed by atoms with van der Waals surface area (Å²) in [5.41, 5.74) is 1.52. The molecule has 0 saturated carbocycles. The molecule has 1 aromatic rings. The molecule has 2 radical (unpaired) electrons. The number of hydrogen-bond acceptors (Lipinski definition) is 1. The standard InChI is InChI=1S/C12H16BNO/c1-9-6-4-5-7-10(9)8-11(15)14-12(2,3)13/h4-7H,8H2,1-3H3,(H,14,15). The predicted molar refractivity (Wildman–Crippen MR) is 62.9 cm³/mol. The van der Waals surface area contributed by atoms with Crippen LogP contribution in [-0.2, 0) is 11.2 Å². The molecule has 0 unspecified atom stereocenters. The first kappa shape index (κ1) is 11.8. The number of carbonyl (C=O) groups excluding carboxylic acids is 1. The average Bonchev–Trinajstić information content (AvgIpc) is 2.05. The van der Waals surface area contributed by atoms with Crippen LogP contribution in [0.2, 0.25) is 0 Å². The summed E-state index contributed by atoms with van der Waals surface area (Å²) >= 11 is 0. The van der Waals surface area contributed by atoms with Gasteiger partial charge >= 0.3 is 0 Å². The summed E-state index contributed by atoms with van der Waals surface area (Å²) in [7, 11) is 5.70. The van der Waals surface area contributed by atoms with Gasteiger partial charge in [0, 0.05) is 0 Å². The Balaban J connectivity index is 2.64. The van der Waals surface area contributed by atoms with Crippen molar-refractivity contribution in [2.75, 3.05) is 0 Å². The largest absolute Gasteiger partial charge is 0.359 e. The molecule has 2 nitrogen and oxygen atoms in total. The molecule has 1 N–H and O–H groups in total. The second-order valence-corrected chi connectivity index (χ2v) is 4.37. The van der Waals surface area contributed by atoms with Gasteiger partial charge in [-0.3, -0.25) is 4.79 Å². The molecule has 0 heterocycles. The Kier molecular flexibility index (Phi) is 3.56. The van der Waals surface area contributed by atoms with Crippen LogP contribution in [0, 0.1) is 6.92 Å². The van der Waals surface area contributed by atoms with Gasteiger partial charge in [-0.15, -0.1) is 0 Å². The molecule has 78 valence electrons. The van der Waals surface area contributed by atoms with Gasteiger partial charge in [-0.05, 0) is 23.5 Å². The van der Waals surface area contributed by atoms with E-state index in [1.165, 1.54) is 0 Å². The maximum Gasteiger partial charge on any atom is 0.224 e. The van der Waals surface area contributed by atoms with Gasteiger partial charge in [-0.25, -0.2) is 0 Å². The number of carbonyl (C=O) groups is 1. The first-order chi connectivity index (χ1) is 6.88. The third kappa shape index (κ3) is 4.19. The van der Waals surface area contributed by atoms with Crippen molar-refractivity contribution in [1.82, 2.24) is 5.32 Å². The number of benzene rings is 1. The van der Waals surface area contributed by atoms with E-state index in [-0.39, 0.29) is 5.91 Å². The van der Waals surface area contributed by atoms with Crippen molar-refractivity contribution in [3.8, 4) is 0 Å². The summed E-state index contributed by atoms with van der Waals surface area (Å²) in [5, 5.41) is 2.73. The normalized spacial score (nSPS) is 11.1. The van der Waals surface area contributed by atoms with E-state index in [4.69, 9.17) is 7.85 Å². The number of aryl methyl sites for hydroxylation is 1. The highest BCUT2D eigenvalue weighted by molar-refractivity contribution is 6.16. The van der Waals surface area contributed by atoms with Crippen LogP contribution < -0.4 is 5.32 Å². The maximum absolute atomic E-state index is 11.6. The monoisotopic (exact) mass is 201 g/mol. The van der Waals surface area contributed by atoms with E-state index in [1.54, 1.807) is 13.8 Å². The molecule has 15 heavy (non-hydrogen) atoms. The Labute approximate surface area is 92.5 Å². The molecular weight excluding hydrogens is 185 g/mol. The molecule has 0 aromatic heterocycles. The SMILES string of the molecule is [B]C(C)(C)NC(=O)Cc1ccccc1C. The molecule has 0 fully saturated rings. The molecule has 0 aliphatic carbocycles. The van der Waals surface area contributed by atoms with E-state index in [0.29, 0.717) is 6.42 Å². The molecule has 1 aromatic carbocycles. The van der Waals surface area contributed by atoms with Crippen molar-refractivity contribution in [2.24, 2.45) is 0 Å². The average molecular weight is 201 g/mol. The summed E-state index contributed by atoms with van der Waals surface area (Å²) < 4.78 is 0. The zero-order valence-electron chi connectivity index (χ0n) is 9.50. The summed E-state index contributed by atoms with van der Waals surface area (Å²) in [6, 6.07) is 7.85. The minimum Gasteiger partial charge on any atom is -0.359 e. The Hall–Kier alpha value is -1.25. The molecule has 0 spiro atoms. The number of nitrogens with one attached hydrogen (secondary N) is 1. The van der Waals surface area contributed by atoms with Crippen molar-refractivity contribution >= 4 is 13.8 Å². The van der Waals surface area contributed by atoms with Crippen molar-refractivity contribution < 1.29 is 4.79 Å². The highest BCUT2D eigenvalue weighted by atomic mass is 16.1. The molecule has 0 aliphatic heterocycles. The minimum atomic E-state index is -0.653. The van der Waals surface area contributed by atoms with Gasteiger partial charge in [0.05, 0.1) is 6.42 Å². The number of hydrogen-bond donors (Lipinski definition) is 1. The topological polar surface area (TPSA) is 29.1 Å². The Morgan fingerprint density at radius 1 is 1.40 bits per heavy atom. The zero-order chi connectivity index (χ0) is 11.5. The minimum absolute atomic E-state index is 0.0446. The lowest BCUT2D eigenvalue weighted by molar-refractivity contribution is -0.121. The lowest BCUT2D eigenvalue weighted by Crippen LogP contribution is -2.44. The number of rotatable bonds is 3. The van der Waals surface area contributed by atoms with Crippen LogP contribution in [0.1, 0.15) is 25.0 Å². The van der Waals surface area contributed by atoms with Gasteiger partial charge < -0.3 is 5.32 Å². The van der Waals surface area contributed by atoms with E-state index in [2.05, 4.69) is 5.32 Å². The van der Waals surface area contributed by atoms with Crippen molar-refractivity contribution in [1.29, 1.82) is 0 Å². The van der Waals surface area contributed by atoms with Crippen LogP contribution >= 0.6 is 0 Å². The molecule has 1 amide bonds. The third-order valence-corrected chi connectivity index (χ3v) is 2.07. The van der Waals surface area contributed by atoms with E-state index >= 15 is 0 Å². The second kappa shape index (κ2) is 4.52. The fraction of sp³-hybridized carbons (Fsp3) is 0.417. The Morgan fingerprint density at radius 3 is 2.53 bits per heavy atom. The second-order valence-electron chi connectivity index (χ2n) is 4.37. The zero-order valence-corrected chi connectivity index (χ0v) is 9.50. The predicted octanol–water partition coefficient (Wildman–Crippen LogP) is 1.56. The Morgan fingerprint density at radius 2 is 2.00 bits per heavy atom. The van der Waals surface area contributed by atoms with Crippen LogP contribution in [-0.4, -0.2) is 19.2 Å². The summed E-state index contributed by atoms with van der Waals surface area (Å²) in [6.07, 6.45) is 0.382. The van der Waals surface area contributed by atoms with E-state index < -0.39 is 5.44 Å². The fourth-order valence-corrected chi connectivity index (χ4v) is 1.38. The molecule has 0 bridgehead atoms. The van der Waals surface area contributed by atoms with E-state index in [1.807, 2.05) is 31.2 Å². The van der Waals surface area contributed by atoms with Gasteiger partial charge in [-0.2, -0.15) is 0 Å². The van der Waals surface area contributed by atoms with Gasteiger partial charge in [0.1, 0.15) is 7.85 Å². The van der Waals surface area contributed by atoms with Crippen LogP contribution in [0.3, 0.4) is 0 Å². The highest BCUT2D eigenvalue weighted by Gasteiger charge is 2.13. The lowest BCUT2D eigenvalue weighted by atomic mass is 9.81. The molecule has 1 rings (SSSR count). The molecule has 3 heteroatoms. The molecule has 0 atom stereocenters. The lowest BCUT2D eigenvalue weighted by Gasteiger charge is -2.21. The van der Waals surface area contributed by atoms with Gasteiger partial charge in [-0.1, -0.05) is 38.1 Å². The quantitative estimate of drug-likeness (QED) is 0.738. The first-order valence-electron chi connectivity index (χ1n) is 5.03. The van der Waals surface area contributed by atoms with Crippen molar-refractivity contribution in [3.05, 3.63) is 35.4 Å². The van der Waals surface area contributed by atoms with E-state index in [9.17, 15) is 4.79 Å². The van der Waals surface area contributed by atoms with Crippen LogP contribution in [0.15, 0.2) is 24.3 Å². The molecular formula is C12H16BNO. The van der Waals surface area contributed by atoms with E-state index in [0.717, 1.165) is 11.1 Å². The summed E-state index contributed by atoms with van der Waals surface area (Å²) in [6.45, 7) is 5.53. The van der Waals surface area contributed by atoms with Gasteiger partial charge in [0.2, 0.25) is 5.91 Å². The first-order valence-corrected chi connectivity index (χ1v) is 5.03. The summed E-state index contributed by atoms with van der Waals surface area (Å²) in [5.74, 6) is -0.0446. The smallest absolute Gasteiger partial charge is 0.224 e. The number of amides is 1. The van der Waals surface area contributed by atoms with Gasteiger partial charge in [0.25, 0.3) is 0 Å². The molecule has 0 aliphatic rings. The Bertz CT molecular complexity index is 355. The third-order valence-electron chi connectivity index (χ3n) is 2.07. The van der Waals surface area contributed by atoms with Crippen LogP contribution in [0.5, 0.6) is 0 Å². The molecule has 0 saturated heterocycles. The fourth-order valence-electron chi connectivity index (χ4n) is 1.38. The van der Waals surface area contributed by atoms with Crippen molar-refractivity contribution in [2.45, 2.75) is 32.6 Å². The van der Waals surface area contributed by atoms with Crippen LogP contribution in [0.4, 0.5) is 0 Å². The van der Waals surface area contributed by atoms with Crippen molar-refractivity contribution in [3.63, 3.8) is 0 Å². The maximum atomic E-state index is 11.6.